The number of likely N-dealkylation sites (N-methyl/N-ethyl adjacent to an activating group) is 1. The highest BCUT2D eigenvalue weighted by Crippen LogP contribution is 2.48. The van der Waals surface area contributed by atoms with E-state index in [9.17, 15) is 4.79 Å². The van der Waals surface area contributed by atoms with Gasteiger partial charge in [-0.1, -0.05) is 6.42 Å². The molecule has 2 fully saturated rings. The Morgan fingerprint density at radius 3 is 2.74 bits per heavy atom. The van der Waals surface area contributed by atoms with Gasteiger partial charge in [-0.15, -0.1) is 0 Å². The van der Waals surface area contributed by atoms with Crippen LogP contribution in [0.1, 0.15) is 32.1 Å². The number of nitrogens with one attached hydrogen (secondary N) is 1. The molecule has 0 amide bonds. The second-order valence-electron chi connectivity index (χ2n) is 6.35. The summed E-state index contributed by atoms with van der Waals surface area (Å²) in [6, 6.07) is -0.174. The molecule has 2 bridgehead atoms. The Balaban J connectivity index is 1.69. The zero-order valence-electron chi connectivity index (χ0n) is 12.5. The first kappa shape index (κ1) is 14.8. The Morgan fingerprint density at radius 2 is 2.21 bits per heavy atom. The van der Waals surface area contributed by atoms with Crippen molar-refractivity contribution < 1.29 is 9.53 Å². The third kappa shape index (κ3) is 3.69. The average molecular weight is 268 g/mol. The molecule has 1 N–H and O–H groups in total. The van der Waals surface area contributed by atoms with Gasteiger partial charge in [0.05, 0.1) is 7.11 Å². The molecule has 2 saturated carbocycles. The molecule has 2 rings (SSSR count). The van der Waals surface area contributed by atoms with E-state index in [1.54, 1.807) is 0 Å². The lowest BCUT2D eigenvalue weighted by Gasteiger charge is -2.28. The lowest BCUT2D eigenvalue weighted by Crippen LogP contribution is -2.39. The highest BCUT2D eigenvalue weighted by atomic mass is 16.5. The molecule has 0 radical (unpaired) electrons. The number of methoxy groups -OCH3 is 1. The molecule has 0 aromatic carbocycles. The maximum absolute atomic E-state index is 11.5. The van der Waals surface area contributed by atoms with E-state index in [4.69, 9.17) is 4.74 Å². The molecule has 0 aliphatic heterocycles. The zero-order chi connectivity index (χ0) is 13.8. The summed E-state index contributed by atoms with van der Waals surface area (Å²) >= 11 is 0. The van der Waals surface area contributed by atoms with Gasteiger partial charge in [-0.25, -0.2) is 0 Å². The summed E-state index contributed by atoms with van der Waals surface area (Å²) in [5.74, 6) is 2.74. The van der Waals surface area contributed by atoms with Crippen LogP contribution in [0.15, 0.2) is 0 Å². The van der Waals surface area contributed by atoms with E-state index >= 15 is 0 Å². The van der Waals surface area contributed by atoms with Crippen molar-refractivity contribution in [1.29, 1.82) is 0 Å². The van der Waals surface area contributed by atoms with E-state index in [1.165, 1.54) is 39.3 Å². The second kappa shape index (κ2) is 6.71. The number of carbonyl (C=O) groups excluding carboxylic acids is 1. The molecule has 0 heterocycles. The summed E-state index contributed by atoms with van der Waals surface area (Å²) in [6.45, 7) is 2.15. The minimum atomic E-state index is -0.174. The van der Waals surface area contributed by atoms with Gasteiger partial charge < -0.3 is 15.0 Å². The van der Waals surface area contributed by atoms with Gasteiger partial charge in [0.25, 0.3) is 0 Å². The number of nitrogens with zero attached hydrogens (tertiary/aromatic N) is 1. The van der Waals surface area contributed by atoms with Gasteiger partial charge in [-0.3, -0.25) is 4.79 Å². The Bertz CT molecular complexity index is 309. The minimum absolute atomic E-state index is 0.157. The predicted molar refractivity (Wildman–Crippen MR) is 75.9 cm³/mol. The lowest BCUT2D eigenvalue weighted by atomic mass is 9.88. The molecule has 4 nitrogen and oxygen atoms in total. The predicted octanol–water partition coefficient (Wildman–Crippen LogP) is 1.51. The van der Waals surface area contributed by atoms with E-state index in [2.05, 4.69) is 17.3 Å². The summed E-state index contributed by atoms with van der Waals surface area (Å²) in [5, 5.41) is 3.03. The summed E-state index contributed by atoms with van der Waals surface area (Å²) < 4.78 is 4.79. The topological polar surface area (TPSA) is 41.6 Å². The van der Waals surface area contributed by atoms with E-state index in [-0.39, 0.29) is 12.0 Å². The van der Waals surface area contributed by atoms with E-state index in [1.807, 2.05) is 7.05 Å². The Hall–Kier alpha value is -0.610. The van der Waals surface area contributed by atoms with Crippen LogP contribution < -0.4 is 5.32 Å². The van der Waals surface area contributed by atoms with Gasteiger partial charge in [-0.05, 0) is 64.1 Å². The van der Waals surface area contributed by atoms with Crippen molar-refractivity contribution in [3.63, 3.8) is 0 Å². The van der Waals surface area contributed by atoms with Gasteiger partial charge in [0, 0.05) is 6.54 Å². The summed E-state index contributed by atoms with van der Waals surface area (Å²) in [7, 11) is 5.44. The van der Waals surface area contributed by atoms with E-state index in [0.29, 0.717) is 0 Å². The Labute approximate surface area is 116 Å². The Kier molecular flexibility index (Phi) is 5.22. The lowest BCUT2D eigenvalue weighted by molar-refractivity contribution is -0.143. The van der Waals surface area contributed by atoms with E-state index < -0.39 is 0 Å². The molecule has 110 valence electrons. The molecule has 0 aromatic rings. The van der Waals surface area contributed by atoms with Crippen LogP contribution in [0.5, 0.6) is 0 Å². The fourth-order valence-electron chi connectivity index (χ4n) is 3.96. The van der Waals surface area contributed by atoms with Crippen molar-refractivity contribution >= 4 is 5.97 Å². The van der Waals surface area contributed by atoms with E-state index in [0.717, 1.165) is 30.7 Å². The van der Waals surface area contributed by atoms with Crippen LogP contribution in [-0.4, -0.2) is 51.2 Å². The molecule has 0 spiro atoms. The first-order valence-corrected chi connectivity index (χ1v) is 7.57. The van der Waals surface area contributed by atoms with Crippen molar-refractivity contribution in [2.45, 2.75) is 38.1 Å². The summed E-state index contributed by atoms with van der Waals surface area (Å²) in [4.78, 5) is 13.9. The third-order valence-electron chi connectivity index (χ3n) is 5.06. The number of carbonyl (C=O) groups is 1. The quantitative estimate of drug-likeness (QED) is 0.711. The van der Waals surface area contributed by atoms with Gasteiger partial charge in [0.1, 0.15) is 6.04 Å². The number of hydrogen-bond donors (Lipinski definition) is 1. The van der Waals surface area contributed by atoms with Crippen LogP contribution in [0, 0.1) is 17.8 Å². The van der Waals surface area contributed by atoms with Crippen LogP contribution in [0.4, 0.5) is 0 Å². The first-order chi connectivity index (χ1) is 9.13. The van der Waals surface area contributed by atoms with Crippen LogP contribution in [0.3, 0.4) is 0 Å². The zero-order valence-corrected chi connectivity index (χ0v) is 12.5. The molecule has 4 heteroatoms. The standard InChI is InChI=1S/C15H28N2O2/c1-16-14(15(18)19-3)6-7-17(2)10-13-9-11-4-5-12(13)8-11/h11-14,16H,4-10H2,1-3H3. The fraction of sp³-hybridized carbons (Fsp3) is 0.933. The third-order valence-corrected chi connectivity index (χ3v) is 5.06. The molecule has 19 heavy (non-hydrogen) atoms. The minimum Gasteiger partial charge on any atom is -0.468 e. The Morgan fingerprint density at radius 1 is 1.42 bits per heavy atom. The molecule has 0 saturated heterocycles. The van der Waals surface area contributed by atoms with Crippen LogP contribution >= 0.6 is 0 Å². The molecule has 4 atom stereocenters. The summed E-state index contributed by atoms with van der Waals surface area (Å²) in [5.41, 5.74) is 0. The van der Waals surface area contributed by atoms with Crippen molar-refractivity contribution in [2.75, 3.05) is 34.3 Å². The number of ether oxygens (including phenoxy) is 1. The largest absolute Gasteiger partial charge is 0.468 e. The maximum atomic E-state index is 11.5. The molecule has 2 aliphatic rings. The molecule has 4 unspecified atom stereocenters. The summed E-state index contributed by atoms with van der Waals surface area (Å²) in [6.07, 6.45) is 6.64. The van der Waals surface area contributed by atoms with Gasteiger partial charge >= 0.3 is 5.97 Å². The SMILES string of the molecule is CNC(CCN(C)CC1CC2CCC1C2)C(=O)OC. The smallest absolute Gasteiger partial charge is 0.322 e. The highest BCUT2D eigenvalue weighted by molar-refractivity contribution is 5.75. The maximum Gasteiger partial charge on any atom is 0.322 e. The molecular weight excluding hydrogens is 240 g/mol. The van der Waals surface area contributed by atoms with Crippen molar-refractivity contribution in [3.8, 4) is 0 Å². The van der Waals surface area contributed by atoms with Gasteiger partial charge in [0.15, 0.2) is 0 Å². The van der Waals surface area contributed by atoms with Crippen molar-refractivity contribution in [1.82, 2.24) is 10.2 Å². The highest BCUT2D eigenvalue weighted by Gasteiger charge is 2.39. The monoisotopic (exact) mass is 268 g/mol. The first-order valence-electron chi connectivity index (χ1n) is 7.57. The molecule has 2 aliphatic carbocycles. The molecular formula is C15H28N2O2. The number of hydrogen-bond acceptors (Lipinski definition) is 4. The number of fused-ring (bicyclic) bond motifs is 2. The number of esters is 1. The van der Waals surface area contributed by atoms with Crippen LogP contribution in [0.2, 0.25) is 0 Å². The van der Waals surface area contributed by atoms with Crippen LogP contribution in [0.25, 0.3) is 0 Å². The average Bonchev–Trinajstić information content (AvgIpc) is 3.01. The molecule has 0 aromatic heterocycles. The number of rotatable bonds is 7. The van der Waals surface area contributed by atoms with Crippen LogP contribution in [-0.2, 0) is 9.53 Å². The van der Waals surface area contributed by atoms with Crippen molar-refractivity contribution in [3.05, 3.63) is 0 Å². The van der Waals surface area contributed by atoms with Gasteiger partial charge in [0.2, 0.25) is 0 Å². The van der Waals surface area contributed by atoms with Gasteiger partial charge in [-0.2, -0.15) is 0 Å². The fourth-order valence-corrected chi connectivity index (χ4v) is 3.96. The van der Waals surface area contributed by atoms with Crippen molar-refractivity contribution in [2.24, 2.45) is 17.8 Å². The normalized spacial score (nSPS) is 30.8. The second-order valence-corrected chi connectivity index (χ2v) is 6.35.